The molecule has 5 nitrogen and oxygen atoms in total. The van der Waals surface area contributed by atoms with Crippen molar-refractivity contribution in [3.63, 3.8) is 0 Å². The van der Waals surface area contributed by atoms with E-state index in [0.29, 0.717) is 47.7 Å². The lowest BCUT2D eigenvalue weighted by Gasteiger charge is -2.61. The van der Waals surface area contributed by atoms with E-state index in [2.05, 4.69) is 20.8 Å². The van der Waals surface area contributed by atoms with Crippen LogP contribution < -0.4 is 0 Å². The Morgan fingerprint density at radius 3 is 2.47 bits per heavy atom. The molecule has 182 valence electrons. The summed E-state index contributed by atoms with van der Waals surface area (Å²) in [5.74, 6) is 2.33. The van der Waals surface area contributed by atoms with Gasteiger partial charge in [-0.3, -0.25) is 9.59 Å². The van der Waals surface area contributed by atoms with Gasteiger partial charge in [0.15, 0.2) is 5.79 Å². The summed E-state index contributed by atoms with van der Waals surface area (Å²) in [5.41, 5.74) is -0.0177. The molecular formula is C27H44O5. The Labute approximate surface area is 194 Å². The fraction of sp³-hybridized carbons (Fsp3) is 0.926. The zero-order valence-corrected chi connectivity index (χ0v) is 20.8. The van der Waals surface area contributed by atoms with Crippen LogP contribution in [0.5, 0.6) is 0 Å². The summed E-state index contributed by atoms with van der Waals surface area (Å²) in [7, 11) is 3.54. The number of hydrogen-bond donors (Lipinski definition) is 1. The van der Waals surface area contributed by atoms with E-state index in [4.69, 9.17) is 14.6 Å². The van der Waals surface area contributed by atoms with Gasteiger partial charge in [-0.15, -0.1) is 0 Å². The summed E-state index contributed by atoms with van der Waals surface area (Å²) in [6, 6.07) is 0. The Bertz CT molecular complexity index is 730. The van der Waals surface area contributed by atoms with Crippen molar-refractivity contribution in [3.05, 3.63) is 0 Å². The third-order valence-electron chi connectivity index (χ3n) is 11.1. The van der Waals surface area contributed by atoms with Gasteiger partial charge in [0.2, 0.25) is 0 Å². The first-order valence-corrected chi connectivity index (χ1v) is 13.0. The van der Waals surface area contributed by atoms with E-state index in [1.54, 1.807) is 14.2 Å². The minimum Gasteiger partial charge on any atom is -0.481 e. The summed E-state index contributed by atoms with van der Waals surface area (Å²) >= 11 is 0. The molecule has 0 unspecified atom stereocenters. The normalized spacial score (nSPS) is 43.8. The second-order valence-electron chi connectivity index (χ2n) is 12.0. The first kappa shape index (κ1) is 24.2. The van der Waals surface area contributed by atoms with Gasteiger partial charge in [0.05, 0.1) is 0 Å². The molecule has 4 fully saturated rings. The van der Waals surface area contributed by atoms with Gasteiger partial charge in [-0.25, -0.2) is 0 Å². The van der Waals surface area contributed by atoms with Gasteiger partial charge >= 0.3 is 5.97 Å². The molecule has 0 bridgehead atoms. The highest BCUT2D eigenvalue weighted by Crippen LogP contribution is 2.68. The lowest BCUT2D eigenvalue weighted by Crippen LogP contribution is -2.59. The van der Waals surface area contributed by atoms with Crippen LogP contribution in [0.25, 0.3) is 0 Å². The topological polar surface area (TPSA) is 72.8 Å². The SMILES string of the molecule is COC1(OC)CC[C@@]2(C)[C@H](CC[C@@H]3[C@@H]2CC(=O)[C@]2(C)[C@@H]([C@H](C)CCCC(=O)O)CC[C@@H]32)C1. The molecule has 5 heteroatoms. The molecule has 4 aliphatic rings. The number of carbonyl (C=O) groups excluding carboxylic acids is 1. The van der Waals surface area contributed by atoms with Crippen molar-refractivity contribution in [2.75, 3.05) is 14.2 Å². The maximum absolute atomic E-state index is 13.9. The fourth-order valence-corrected chi connectivity index (χ4v) is 9.08. The first-order chi connectivity index (χ1) is 15.1. The van der Waals surface area contributed by atoms with E-state index >= 15 is 0 Å². The lowest BCUT2D eigenvalue weighted by molar-refractivity contribution is -0.260. The van der Waals surface area contributed by atoms with Crippen LogP contribution in [-0.4, -0.2) is 36.9 Å². The second-order valence-corrected chi connectivity index (χ2v) is 12.0. The van der Waals surface area contributed by atoms with E-state index in [0.717, 1.165) is 44.9 Å². The number of Topliss-reactive ketones (excluding diaryl/α,β-unsaturated/α-hetero) is 1. The zero-order chi connectivity index (χ0) is 23.3. The average Bonchev–Trinajstić information content (AvgIpc) is 3.13. The number of methoxy groups -OCH3 is 2. The van der Waals surface area contributed by atoms with E-state index in [1.165, 1.54) is 12.8 Å². The van der Waals surface area contributed by atoms with Gasteiger partial charge < -0.3 is 14.6 Å². The third-order valence-corrected chi connectivity index (χ3v) is 11.1. The summed E-state index contributed by atoms with van der Waals surface area (Å²) < 4.78 is 11.7. The van der Waals surface area contributed by atoms with Gasteiger partial charge in [0.1, 0.15) is 5.78 Å². The molecule has 1 N–H and O–H groups in total. The highest BCUT2D eigenvalue weighted by Gasteiger charge is 2.64. The first-order valence-electron chi connectivity index (χ1n) is 13.0. The van der Waals surface area contributed by atoms with Crippen LogP contribution in [0.3, 0.4) is 0 Å². The Balaban J connectivity index is 1.52. The molecule has 8 atom stereocenters. The maximum atomic E-state index is 13.9. The summed E-state index contributed by atoms with van der Waals surface area (Å²) in [6.45, 7) is 6.99. The zero-order valence-electron chi connectivity index (χ0n) is 20.8. The Kier molecular flexibility index (Phi) is 6.57. The van der Waals surface area contributed by atoms with E-state index in [-0.39, 0.29) is 17.3 Å². The van der Waals surface area contributed by atoms with Gasteiger partial charge in [0.25, 0.3) is 0 Å². The van der Waals surface area contributed by atoms with E-state index < -0.39 is 11.8 Å². The number of aliphatic carboxylic acids is 1. The van der Waals surface area contributed by atoms with Crippen molar-refractivity contribution in [1.82, 2.24) is 0 Å². The molecule has 0 saturated heterocycles. The molecule has 0 aliphatic heterocycles. The molecule has 32 heavy (non-hydrogen) atoms. The van der Waals surface area contributed by atoms with Gasteiger partial charge in [-0.05, 0) is 85.9 Å². The number of rotatable bonds is 7. The summed E-state index contributed by atoms with van der Waals surface area (Å²) in [6.07, 6.45) is 10.3. The highest BCUT2D eigenvalue weighted by molar-refractivity contribution is 5.87. The highest BCUT2D eigenvalue weighted by atomic mass is 16.7. The van der Waals surface area contributed by atoms with Crippen molar-refractivity contribution in [2.24, 2.45) is 46.3 Å². The molecule has 0 aromatic heterocycles. The number of fused-ring (bicyclic) bond motifs is 5. The Hall–Kier alpha value is -0.940. The molecule has 0 amide bonds. The van der Waals surface area contributed by atoms with Crippen LogP contribution in [0.4, 0.5) is 0 Å². The van der Waals surface area contributed by atoms with Crippen LogP contribution in [-0.2, 0) is 19.1 Å². The largest absolute Gasteiger partial charge is 0.481 e. The number of carbonyl (C=O) groups is 2. The smallest absolute Gasteiger partial charge is 0.303 e. The van der Waals surface area contributed by atoms with Crippen molar-refractivity contribution in [3.8, 4) is 0 Å². The van der Waals surface area contributed by atoms with E-state index in [9.17, 15) is 9.59 Å². The van der Waals surface area contributed by atoms with Gasteiger partial charge in [-0.1, -0.05) is 20.8 Å². The Morgan fingerprint density at radius 1 is 1.09 bits per heavy atom. The molecule has 4 rings (SSSR count). The predicted molar refractivity (Wildman–Crippen MR) is 123 cm³/mol. The predicted octanol–water partition coefficient (Wildman–Crippen LogP) is 5.70. The average molecular weight is 449 g/mol. The molecule has 0 radical (unpaired) electrons. The lowest BCUT2D eigenvalue weighted by atomic mass is 9.44. The van der Waals surface area contributed by atoms with Crippen LogP contribution >= 0.6 is 0 Å². The summed E-state index contributed by atoms with van der Waals surface area (Å²) in [5, 5.41) is 9.01. The quantitative estimate of drug-likeness (QED) is 0.505. The number of ketones is 1. The molecule has 0 heterocycles. The second kappa shape index (κ2) is 8.69. The van der Waals surface area contributed by atoms with Gasteiger partial charge in [-0.2, -0.15) is 0 Å². The standard InChI is InChI=1S/C27H44O5/c1-17(7-6-8-24(29)30)20-11-12-21-19-10-9-18-16-27(31-4,32-5)14-13-25(18,2)22(19)15-23(28)26(20,21)3/h17-22H,6-16H2,1-5H3,(H,29,30)/t17-,18-,19+,20-,21+,22+,25+,26-/m1/s1. The van der Waals surface area contributed by atoms with Crippen LogP contribution in [0.15, 0.2) is 0 Å². The van der Waals surface area contributed by atoms with Gasteiger partial charge in [0, 0.05) is 45.3 Å². The molecular weight excluding hydrogens is 404 g/mol. The fourth-order valence-electron chi connectivity index (χ4n) is 9.08. The van der Waals surface area contributed by atoms with Crippen molar-refractivity contribution in [1.29, 1.82) is 0 Å². The maximum Gasteiger partial charge on any atom is 0.303 e. The number of hydrogen-bond acceptors (Lipinski definition) is 4. The van der Waals surface area contributed by atoms with Crippen molar-refractivity contribution < 1.29 is 24.2 Å². The van der Waals surface area contributed by atoms with Crippen molar-refractivity contribution in [2.45, 2.75) is 97.2 Å². The third kappa shape index (κ3) is 3.66. The molecule has 0 aromatic carbocycles. The van der Waals surface area contributed by atoms with Crippen LogP contribution in [0.1, 0.15) is 91.4 Å². The number of carboxylic acids is 1. The summed E-state index contributed by atoms with van der Waals surface area (Å²) in [4.78, 5) is 24.8. The minimum atomic E-state index is -0.715. The molecule has 0 spiro atoms. The molecule has 0 aromatic rings. The molecule has 4 aliphatic carbocycles. The van der Waals surface area contributed by atoms with E-state index in [1.807, 2.05) is 0 Å². The van der Waals surface area contributed by atoms with Crippen molar-refractivity contribution >= 4 is 11.8 Å². The number of ether oxygens (including phenoxy) is 2. The van der Waals surface area contributed by atoms with Crippen LogP contribution in [0, 0.1) is 46.3 Å². The van der Waals surface area contributed by atoms with Crippen LogP contribution in [0.2, 0.25) is 0 Å². The number of carboxylic acid groups (broad SMARTS) is 1. The monoisotopic (exact) mass is 448 g/mol. The Morgan fingerprint density at radius 2 is 1.81 bits per heavy atom. The minimum absolute atomic E-state index is 0.200. The molecule has 4 saturated carbocycles.